The third kappa shape index (κ3) is 3.02. The van der Waals surface area contributed by atoms with Gasteiger partial charge in [-0.2, -0.15) is 8.78 Å². The van der Waals surface area contributed by atoms with E-state index in [4.69, 9.17) is 0 Å². The second kappa shape index (κ2) is 5.68. The van der Waals surface area contributed by atoms with Crippen molar-refractivity contribution < 1.29 is 22.4 Å². The minimum atomic E-state index is -4.69. The summed E-state index contributed by atoms with van der Waals surface area (Å²) in [4.78, 5) is 13.2. The maximum Gasteiger partial charge on any atom is 0.383 e. The molecule has 1 saturated heterocycles. The molecule has 0 spiro atoms. The molecular formula is C13H14F4N2O. The van der Waals surface area contributed by atoms with E-state index in [0.717, 1.165) is 31.6 Å². The second-order valence-corrected chi connectivity index (χ2v) is 4.62. The van der Waals surface area contributed by atoms with Gasteiger partial charge in [0.2, 0.25) is 0 Å². The average molecular weight is 290 g/mol. The van der Waals surface area contributed by atoms with Gasteiger partial charge in [-0.1, -0.05) is 0 Å². The highest BCUT2D eigenvalue weighted by Gasteiger charge is 2.48. The zero-order valence-electron chi connectivity index (χ0n) is 10.6. The zero-order valence-corrected chi connectivity index (χ0v) is 10.6. The molecule has 1 N–H and O–H groups in total. The van der Waals surface area contributed by atoms with Crippen LogP contribution in [0, 0.1) is 0 Å². The maximum atomic E-state index is 12.8. The molecule has 0 unspecified atom stereocenters. The SMILES string of the molecule is O=C(Nc1ccc(N2CCCC2)cc1)C(F)(F)C(F)F. The van der Waals surface area contributed by atoms with Gasteiger partial charge in [0.25, 0.3) is 0 Å². The molecule has 0 aliphatic carbocycles. The number of hydrogen-bond donors (Lipinski definition) is 1. The van der Waals surface area contributed by atoms with Crippen molar-refractivity contribution >= 4 is 17.3 Å². The fourth-order valence-electron chi connectivity index (χ4n) is 2.04. The smallest absolute Gasteiger partial charge is 0.372 e. The third-order valence-corrected chi connectivity index (χ3v) is 3.17. The van der Waals surface area contributed by atoms with Crippen LogP contribution in [0.1, 0.15) is 12.8 Å². The van der Waals surface area contributed by atoms with Gasteiger partial charge in [-0.05, 0) is 37.1 Å². The van der Waals surface area contributed by atoms with Crippen LogP contribution in [0.4, 0.5) is 28.9 Å². The maximum absolute atomic E-state index is 12.8. The summed E-state index contributed by atoms with van der Waals surface area (Å²) in [7, 11) is 0. The Morgan fingerprint density at radius 2 is 1.70 bits per heavy atom. The number of amides is 1. The van der Waals surface area contributed by atoms with E-state index in [0.29, 0.717) is 0 Å². The number of alkyl halides is 4. The second-order valence-electron chi connectivity index (χ2n) is 4.62. The quantitative estimate of drug-likeness (QED) is 0.864. The lowest BCUT2D eigenvalue weighted by atomic mass is 10.2. The summed E-state index contributed by atoms with van der Waals surface area (Å²) in [6, 6.07) is 6.18. The Morgan fingerprint density at radius 1 is 1.15 bits per heavy atom. The van der Waals surface area contributed by atoms with Gasteiger partial charge in [-0.25, -0.2) is 8.78 Å². The van der Waals surface area contributed by atoms with Gasteiger partial charge < -0.3 is 10.2 Å². The standard InChI is InChI=1S/C13H14F4N2O/c14-11(15)13(16,17)12(20)18-9-3-5-10(6-4-9)19-7-1-2-8-19/h3-6,11H,1-2,7-8H2,(H,18,20). The molecule has 2 rings (SSSR count). The molecule has 1 aliphatic rings. The molecule has 7 heteroatoms. The largest absolute Gasteiger partial charge is 0.383 e. The molecule has 3 nitrogen and oxygen atoms in total. The normalized spacial score (nSPS) is 15.8. The van der Waals surface area contributed by atoms with Gasteiger partial charge >= 0.3 is 18.3 Å². The Kier molecular flexibility index (Phi) is 4.15. The van der Waals surface area contributed by atoms with Gasteiger partial charge in [-0.3, -0.25) is 4.79 Å². The Labute approximate surface area is 113 Å². The average Bonchev–Trinajstić information content (AvgIpc) is 2.93. The van der Waals surface area contributed by atoms with E-state index in [9.17, 15) is 22.4 Å². The van der Waals surface area contributed by atoms with Crippen LogP contribution in [0.15, 0.2) is 24.3 Å². The molecule has 1 amide bonds. The van der Waals surface area contributed by atoms with Gasteiger partial charge in [-0.15, -0.1) is 0 Å². The molecule has 0 radical (unpaired) electrons. The topological polar surface area (TPSA) is 32.3 Å². The molecule has 0 bridgehead atoms. The molecule has 1 aromatic rings. The molecule has 0 aromatic heterocycles. The van der Waals surface area contributed by atoms with Crippen molar-refractivity contribution in [1.29, 1.82) is 0 Å². The van der Waals surface area contributed by atoms with Crippen molar-refractivity contribution in [3.8, 4) is 0 Å². The van der Waals surface area contributed by atoms with Gasteiger partial charge in [0.15, 0.2) is 0 Å². The lowest BCUT2D eigenvalue weighted by molar-refractivity contribution is -0.163. The first-order valence-corrected chi connectivity index (χ1v) is 6.23. The Bertz CT molecular complexity index is 470. The first-order valence-electron chi connectivity index (χ1n) is 6.23. The van der Waals surface area contributed by atoms with Gasteiger partial charge in [0.1, 0.15) is 0 Å². The summed E-state index contributed by atoms with van der Waals surface area (Å²) in [6.45, 7) is 1.85. The number of nitrogens with one attached hydrogen (secondary N) is 1. The van der Waals surface area contributed by atoms with Crippen molar-refractivity contribution in [1.82, 2.24) is 0 Å². The lowest BCUT2D eigenvalue weighted by Gasteiger charge is -2.18. The number of rotatable bonds is 4. The summed E-state index contributed by atoms with van der Waals surface area (Å²) >= 11 is 0. The number of anilines is 2. The van der Waals surface area contributed by atoms with E-state index < -0.39 is 18.3 Å². The minimum Gasteiger partial charge on any atom is -0.372 e. The van der Waals surface area contributed by atoms with Crippen LogP contribution < -0.4 is 10.2 Å². The highest BCUT2D eigenvalue weighted by Crippen LogP contribution is 2.26. The minimum absolute atomic E-state index is 0.0678. The number of hydrogen-bond acceptors (Lipinski definition) is 2. The Balaban J connectivity index is 2.02. The third-order valence-electron chi connectivity index (χ3n) is 3.17. The summed E-state index contributed by atoms with van der Waals surface area (Å²) in [5, 5.41) is 1.79. The molecule has 0 saturated carbocycles. The fourth-order valence-corrected chi connectivity index (χ4v) is 2.04. The molecular weight excluding hydrogens is 276 g/mol. The number of nitrogens with zero attached hydrogens (tertiary/aromatic N) is 1. The van der Waals surface area contributed by atoms with E-state index in [-0.39, 0.29) is 5.69 Å². The molecule has 1 fully saturated rings. The van der Waals surface area contributed by atoms with E-state index >= 15 is 0 Å². The van der Waals surface area contributed by atoms with Crippen molar-refractivity contribution in [2.24, 2.45) is 0 Å². The highest BCUT2D eigenvalue weighted by atomic mass is 19.3. The van der Waals surface area contributed by atoms with Crippen LogP contribution in [-0.2, 0) is 4.79 Å². The van der Waals surface area contributed by atoms with E-state index in [2.05, 4.69) is 4.90 Å². The molecule has 110 valence electrons. The highest BCUT2D eigenvalue weighted by molar-refractivity contribution is 5.96. The van der Waals surface area contributed by atoms with Gasteiger partial charge in [0, 0.05) is 24.5 Å². The molecule has 1 aliphatic heterocycles. The van der Waals surface area contributed by atoms with E-state index in [1.165, 1.54) is 12.1 Å². The van der Waals surface area contributed by atoms with Crippen LogP contribution in [0.2, 0.25) is 0 Å². The number of carbonyl (C=O) groups excluding carboxylic acids is 1. The van der Waals surface area contributed by atoms with Crippen molar-refractivity contribution in [3.63, 3.8) is 0 Å². The molecule has 1 heterocycles. The zero-order chi connectivity index (χ0) is 14.8. The summed E-state index contributed by atoms with van der Waals surface area (Å²) in [5.41, 5.74) is 0.986. The first kappa shape index (κ1) is 14.6. The Morgan fingerprint density at radius 3 is 2.20 bits per heavy atom. The van der Waals surface area contributed by atoms with Crippen LogP contribution in [-0.4, -0.2) is 31.3 Å². The van der Waals surface area contributed by atoms with Crippen LogP contribution >= 0.6 is 0 Å². The van der Waals surface area contributed by atoms with E-state index in [1.54, 1.807) is 17.4 Å². The molecule has 20 heavy (non-hydrogen) atoms. The fraction of sp³-hybridized carbons (Fsp3) is 0.462. The predicted octanol–water partition coefficient (Wildman–Crippen LogP) is 3.13. The first-order chi connectivity index (χ1) is 9.41. The van der Waals surface area contributed by atoms with Crippen molar-refractivity contribution in [2.75, 3.05) is 23.3 Å². The molecule has 0 atom stereocenters. The number of halogens is 4. The monoisotopic (exact) mass is 290 g/mol. The summed E-state index contributed by atoms with van der Waals surface area (Å²) < 4.78 is 49.6. The van der Waals surface area contributed by atoms with Crippen LogP contribution in [0.25, 0.3) is 0 Å². The predicted molar refractivity (Wildman–Crippen MR) is 67.5 cm³/mol. The summed E-state index contributed by atoms with van der Waals surface area (Å²) in [6.07, 6.45) is -1.83. The number of benzene rings is 1. The number of carbonyl (C=O) groups is 1. The molecule has 1 aromatic carbocycles. The van der Waals surface area contributed by atoms with Crippen LogP contribution in [0.3, 0.4) is 0 Å². The van der Waals surface area contributed by atoms with Crippen molar-refractivity contribution in [3.05, 3.63) is 24.3 Å². The Hall–Kier alpha value is -1.79. The van der Waals surface area contributed by atoms with Crippen molar-refractivity contribution in [2.45, 2.75) is 25.2 Å². The van der Waals surface area contributed by atoms with E-state index in [1.807, 2.05) is 0 Å². The lowest BCUT2D eigenvalue weighted by Crippen LogP contribution is -2.40. The van der Waals surface area contributed by atoms with Gasteiger partial charge in [0.05, 0.1) is 0 Å². The van der Waals surface area contributed by atoms with Crippen LogP contribution in [0.5, 0.6) is 0 Å². The summed E-state index contributed by atoms with van der Waals surface area (Å²) in [5.74, 6) is -6.69.